The molecule has 2 aromatic carbocycles. The molecular formula is C27H32N2O2. The van der Waals surface area contributed by atoms with E-state index in [1.807, 2.05) is 65.6 Å². The SMILES string of the molecule is O=C(CCCC(=O)N1CCCC2CCCC=C21)NC(c1ccccc1)c1ccccc1. The Morgan fingerprint density at radius 1 is 0.903 bits per heavy atom. The van der Waals surface area contributed by atoms with Crippen LogP contribution in [-0.4, -0.2) is 23.3 Å². The molecule has 0 bridgehead atoms. The minimum Gasteiger partial charge on any atom is -0.345 e. The largest absolute Gasteiger partial charge is 0.345 e. The Morgan fingerprint density at radius 3 is 2.23 bits per heavy atom. The Bertz CT molecular complexity index is 868. The van der Waals surface area contributed by atoms with Crippen molar-refractivity contribution in [2.24, 2.45) is 5.92 Å². The molecule has 2 aliphatic rings. The van der Waals surface area contributed by atoms with Gasteiger partial charge in [0.1, 0.15) is 0 Å². The Kier molecular flexibility index (Phi) is 7.18. The van der Waals surface area contributed by atoms with E-state index in [0.717, 1.165) is 30.5 Å². The zero-order valence-electron chi connectivity index (χ0n) is 18.1. The highest BCUT2D eigenvalue weighted by atomic mass is 16.2. The minimum absolute atomic E-state index is 0.0149. The molecule has 1 saturated heterocycles. The van der Waals surface area contributed by atoms with Gasteiger partial charge in [-0.3, -0.25) is 9.59 Å². The first kappa shape index (κ1) is 21.4. The van der Waals surface area contributed by atoms with Crippen molar-refractivity contribution in [2.75, 3.05) is 6.54 Å². The van der Waals surface area contributed by atoms with E-state index >= 15 is 0 Å². The number of allylic oxidation sites excluding steroid dienone is 2. The topological polar surface area (TPSA) is 49.4 Å². The fourth-order valence-electron chi connectivity index (χ4n) is 4.86. The molecular weight excluding hydrogens is 384 g/mol. The van der Waals surface area contributed by atoms with E-state index in [1.54, 1.807) is 0 Å². The third-order valence-corrected chi connectivity index (χ3v) is 6.44. The number of carbonyl (C=O) groups excluding carboxylic acids is 2. The van der Waals surface area contributed by atoms with Crippen molar-refractivity contribution in [2.45, 2.75) is 57.4 Å². The number of benzene rings is 2. The van der Waals surface area contributed by atoms with Gasteiger partial charge in [0, 0.05) is 25.1 Å². The van der Waals surface area contributed by atoms with Crippen LogP contribution >= 0.6 is 0 Å². The standard InChI is InChI=1S/C27H32N2O2/c30-25(28-27(22-12-3-1-4-13-22)23-14-5-2-6-15-23)18-9-19-26(31)29-20-10-16-21-11-7-8-17-24(21)29/h1-6,12-15,17,21,27H,7-11,16,18-20H2,(H,28,30). The molecule has 4 nitrogen and oxygen atoms in total. The lowest BCUT2D eigenvalue weighted by atomic mass is 9.85. The van der Waals surface area contributed by atoms with Crippen LogP contribution in [0.5, 0.6) is 0 Å². The van der Waals surface area contributed by atoms with Gasteiger partial charge in [0.05, 0.1) is 6.04 Å². The second-order valence-electron chi connectivity index (χ2n) is 8.62. The Morgan fingerprint density at radius 2 is 1.55 bits per heavy atom. The molecule has 2 aromatic rings. The van der Waals surface area contributed by atoms with Crippen LogP contribution in [0.1, 0.15) is 68.5 Å². The summed E-state index contributed by atoms with van der Waals surface area (Å²) in [7, 11) is 0. The van der Waals surface area contributed by atoms with E-state index in [9.17, 15) is 9.59 Å². The summed E-state index contributed by atoms with van der Waals surface area (Å²) < 4.78 is 0. The van der Waals surface area contributed by atoms with Gasteiger partial charge in [0.15, 0.2) is 0 Å². The van der Waals surface area contributed by atoms with Crippen molar-refractivity contribution >= 4 is 11.8 Å². The number of hydrogen-bond acceptors (Lipinski definition) is 2. The summed E-state index contributed by atoms with van der Waals surface area (Å²) in [5.41, 5.74) is 3.36. The van der Waals surface area contributed by atoms with Crippen LogP contribution in [0.15, 0.2) is 72.4 Å². The van der Waals surface area contributed by atoms with Gasteiger partial charge in [-0.2, -0.15) is 0 Å². The molecule has 0 radical (unpaired) electrons. The number of nitrogens with zero attached hydrogens (tertiary/aromatic N) is 1. The highest BCUT2D eigenvalue weighted by Crippen LogP contribution is 2.35. The molecule has 1 heterocycles. The molecule has 162 valence electrons. The molecule has 1 aliphatic heterocycles. The van der Waals surface area contributed by atoms with E-state index < -0.39 is 0 Å². The number of rotatable bonds is 7. The average Bonchev–Trinajstić information content (AvgIpc) is 2.83. The summed E-state index contributed by atoms with van der Waals surface area (Å²) in [5, 5.41) is 3.17. The van der Waals surface area contributed by atoms with E-state index in [0.29, 0.717) is 25.2 Å². The van der Waals surface area contributed by atoms with Crippen LogP contribution in [0, 0.1) is 5.92 Å². The summed E-state index contributed by atoms with van der Waals surface area (Å²) in [6, 6.07) is 19.9. The zero-order valence-corrected chi connectivity index (χ0v) is 18.1. The predicted octanol–water partition coefficient (Wildman–Crippen LogP) is 5.37. The second-order valence-corrected chi connectivity index (χ2v) is 8.62. The van der Waals surface area contributed by atoms with Crippen molar-refractivity contribution in [1.82, 2.24) is 10.2 Å². The van der Waals surface area contributed by atoms with Gasteiger partial charge >= 0.3 is 0 Å². The van der Waals surface area contributed by atoms with Gasteiger partial charge in [-0.15, -0.1) is 0 Å². The molecule has 1 aliphatic carbocycles. The number of fused-ring (bicyclic) bond motifs is 1. The molecule has 31 heavy (non-hydrogen) atoms. The van der Waals surface area contributed by atoms with Gasteiger partial charge in [-0.25, -0.2) is 0 Å². The highest BCUT2D eigenvalue weighted by molar-refractivity contribution is 5.80. The van der Waals surface area contributed by atoms with Crippen molar-refractivity contribution < 1.29 is 9.59 Å². The van der Waals surface area contributed by atoms with E-state index in [1.165, 1.54) is 25.0 Å². The van der Waals surface area contributed by atoms with Gasteiger partial charge in [0.2, 0.25) is 11.8 Å². The lowest BCUT2D eigenvalue weighted by Gasteiger charge is -2.38. The maximum absolute atomic E-state index is 12.9. The lowest BCUT2D eigenvalue weighted by Crippen LogP contribution is -2.39. The Labute approximate surface area is 185 Å². The first-order valence-electron chi connectivity index (χ1n) is 11.6. The van der Waals surface area contributed by atoms with Crippen LogP contribution in [0.2, 0.25) is 0 Å². The van der Waals surface area contributed by atoms with E-state index in [4.69, 9.17) is 0 Å². The first-order valence-corrected chi connectivity index (χ1v) is 11.6. The number of hydrogen-bond donors (Lipinski definition) is 1. The maximum atomic E-state index is 12.9. The fourth-order valence-corrected chi connectivity index (χ4v) is 4.86. The van der Waals surface area contributed by atoms with Crippen LogP contribution in [0.3, 0.4) is 0 Å². The number of likely N-dealkylation sites (tertiary alicyclic amines) is 1. The van der Waals surface area contributed by atoms with Crippen molar-refractivity contribution in [3.8, 4) is 0 Å². The van der Waals surface area contributed by atoms with Crippen molar-refractivity contribution in [3.63, 3.8) is 0 Å². The maximum Gasteiger partial charge on any atom is 0.226 e. The normalized spacial score (nSPS) is 18.3. The summed E-state index contributed by atoms with van der Waals surface area (Å²) in [5.74, 6) is 0.722. The van der Waals surface area contributed by atoms with Gasteiger partial charge in [-0.1, -0.05) is 66.7 Å². The third kappa shape index (κ3) is 5.43. The molecule has 0 saturated carbocycles. The highest BCUT2D eigenvalue weighted by Gasteiger charge is 2.30. The fraction of sp³-hybridized carbons (Fsp3) is 0.407. The average molecular weight is 417 g/mol. The molecule has 0 spiro atoms. The molecule has 1 N–H and O–H groups in total. The molecule has 1 unspecified atom stereocenters. The Balaban J connectivity index is 1.32. The summed E-state index contributed by atoms with van der Waals surface area (Å²) in [6.45, 7) is 0.831. The van der Waals surface area contributed by atoms with Gasteiger partial charge < -0.3 is 10.2 Å². The van der Waals surface area contributed by atoms with Gasteiger partial charge in [0.25, 0.3) is 0 Å². The third-order valence-electron chi connectivity index (χ3n) is 6.44. The van der Waals surface area contributed by atoms with Crippen LogP contribution in [-0.2, 0) is 9.59 Å². The Hall–Kier alpha value is -2.88. The number of piperidine rings is 1. The van der Waals surface area contributed by atoms with Crippen molar-refractivity contribution in [3.05, 3.63) is 83.6 Å². The molecule has 4 rings (SSSR count). The molecule has 4 heteroatoms. The van der Waals surface area contributed by atoms with Crippen LogP contribution in [0.4, 0.5) is 0 Å². The second kappa shape index (κ2) is 10.4. The predicted molar refractivity (Wildman–Crippen MR) is 123 cm³/mol. The van der Waals surface area contributed by atoms with Gasteiger partial charge in [-0.05, 0) is 55.6 Å². The van der Waals surface area contributed by atoms with E-state index in [-0.39, 0.29) is 17.9 Å². The summed E-state index contributed by atoms with van der Waals surface area (Å²) >= 11 is 0. The minimum atomic E-state index is -0.180. The van der Waals surface area contributed by atoms with Crippen LogP contribution < -0.4 is 5.32 Å². The molecule has 1 fully saturated rings. The molecule has 2 amide bonds. The van der Waals surface area contributed by atoms with Crippen molar-refractivity contribution in [1.29, 1.82) is 0 Å². The quantitative estimate of drug-likeness (QED) is 0.660. The number of nitrogens with one attached hydrogen (secondary N) is 1. The van der Waals surface area contributed by atoms with E-state index in [2.05, 4.69) is 11.4 Å². The first-order chi connectivity index (χ1) is 15.2. The molecule has 1 atom stereocenters. The zero-order chi connectivity index (χ0) is 21.5. The number of amides is 2. The van der Waals surface area contributed by atoms with Crippen LogP contribution in [0.25, 0.3) is 0 Å². The summed E-state index contributed by atoms with van der Waals surface area (Å²) in [4.78, 5) is 27.6. The summed E-state index contributed by atoms with van der Waals surface area (Å²) in [6.07, 6.45) is 9.45. The number of carbonyl (C=O) groups is 2. The molecule has 0 aromatic heterocycles. The lowest BCUT2D eigenvalue weighted by molar-refractivity contribution is -0.130. The smallest absolute Gasteiger partial charge is 0.226 e. The monoisotopic (exact) mass is 416 g/mol.